The summed E-state index contributed by atoms with van der Waals surface area (Å²) in [6, 6.07) is -2.81. The summed E-state index contributed by atoms with van der Waals surface area (Å²) in [5.41, 5.74) is 5.55. The highest BCUT2D eigenvalue weighted by Crippen LogP contribution is 2.18. The molecule has 22 heavy (non-hydrogen) atoms. The van der Waals surface area contributed by atoms with Crippen LogP contribution in [0, 0.1) is 0 Å². The van der Waals surface area contributed by atoms with Crippen LogP contribution in [-0.2, 0) is 19.2 Å². The van der Waals surface area contributed by atoms with Gasteiger partial charge in [0.05, 0.1) is 6.04 Å². The Hall–Kier alpha value is -2.16. The Labute approximate surface area is 127 Å². The number of carbonyl (C=O) groups excluding carboxylic acids is 2. The van der Waals surface area contributed by atoms with Crippen molar-refractivity contribution >= 4 is 23.8 Å². The van der Waals surface area contributed by atoms with Crippen LogP contribution >= 0.6 is 0 Å². The maximum absolute atomic E-state index is 12.2. The molecule has 9 heteroatoms. The first kappa shape index (κ1) is 17.9. The van der Waals surface area contributed by atoms with Crippen molar-refractivity contribution in [1.82, 2.24) is 10.2 Å². The van der Waals surface area contributed by atoms with E-state index < -0.39 is 41.9 Å². The van der Waals surface area contributed by atoms with E-state index in [1.165, 1.54) is 11.8 Å². The monoisotopic (exact) mass is 315 g/mol. The van der Waals surface area contributed by atoms with E-state index >= 15 is 0 Å². The number of nitrogens with two attached hydrogens (primary N) is 1. The molecule has 5 N–H and O–H groups in total. The van der Waals surface area contributed by atoms with Crippen LogP contribution in [0.3, 0.4) is 0 Å². The van der Waals surface area contributed by atoms with Crippen LogP contribution in [0.15, 0.2) is 0 Å². The molecule has 1 saturated heterocycles. The van der Waals surface area contributed by atoms with Gasteiger partial charge in [-0.05, 0) is 26.2 Å². The number of carboxylic acid groups (broad SMARTS) is 2. The molecule has 9 nitrogen and oxygen atoms in total. The fourth-order valence-corrected chi connectivity index (χ4v) is 2.33. The highest BCUT2D eigenvalue weighted by atomic mass is 16.4. The lowest BCUT2D eigenvalue weighted by Gasteiger charge is -2.26. The van der Waals surface area contributed by atoms with Gasteiger partial charge in [0.15, 0.2) is 0 Å². The van der Waals surface area contributed by atoms with Crippen LogP contribution in [0.4, 0.5) is 0 Å². The number of carboxylic acids is 2. The van der Waals surface area contributed by atoms with E-state index in [0.717, 1.165) is 0 Å². The second-order valence-electron chi connectivity index (χ2n) is 5.30. The summed E-state index contributed by atoms with van der Waals surface area (Å²) >= 11 is 0. The fourth-order valence-electron chi connectivity index (χ4n) is 2.33. The molecule has 0 saturated carbocycles. The number of hydrogen-bond acceptors (Lipinski definition) is 5. The van der Waals surface area contributed by atoms with Gasteiger partial charge in [-0.15, -0.1) is 0 Å². The molecule has 0 aromatic carbocycles. The summed E-state index contributed by atoms with van der Waals surface area (Å²) in [7, 11) is 0. The van der Waals surface area contributed by atoms with Gasteiger partial charge in [0.2, 0.25) is 11.8 Å². The van der Waals surface area contributed by atoms with Crippen LogP contribution in [0.1, 0.15) is 32.6 Å². The minimum Gasteiger partial charge on any atom is -0.481 e. The Morgan fingerprint density at radius 1 is 1.32 bits per heavy atom. The molecule has 1 aliphatic rings. The lowest BCUT2D eigenvalue weighted by Crippen LogP contribution is -2.53. The van der Waals surface area contributed by atoms with Crippen molar-refractivity contribution in [2.24, 2.45) is 5.73 Å². The van der Waals surface area contributed by atoms with Crippen LogP contribution < -0.4 is 11.1 Å². The Balaban J connectivity index is 2.54. The molecule has 0 aromatic rings. The molecule has 1 aliphatic heterocycles. The summed E-state index contributed by atoms with van der Waals surface area (Å²) in [4.78, 5) is 46.7. The molecule has 1 rings (SSSR count). The van der Waals surface area contributed by atoms with E-state index in [9.17, 15) is 19.2 Å². The normalized spacial score (nSPS) is 20.3. The predicted molar refractivity (Wildman–Crippen MR) is 74.8 cm³/mol. The standard InChI is InChI=1S/C13H21N3O6/c1-7(15-11(19)8(14)4-5-10(17)18)12(20)16-6-2-3-9(16)13(21)22/h7-9H,2-6,14H2,1H3,(H,15,19)(H,17,18)(H,21,22). The predicted octanol–water partition coefficient (Wildman–Crippen LogP) is -1.24. The molecule has 3 unspecified atom stereocenters. The van der Waals surface area contributed by atoms with Gasteiger partial charge in [-0.1, -0.05) is 0 Å². The molecule has 2 amide bonds. The first-order valence-electron chi connectivity index (χ1n) is 7.05. The second kappa shape index (κ2) is 7.74. The molecule has 0 aliphatic carbocycles. The van der Waals surface area contributed by atoms with E-state index in [1.807, 2.05) is 0 Å². The first-order valence-corrected chi connectivity index (χ1v) is 7.05. The van der Waals surface area contributed by atoms with Gasteiger partial charge in [0.1, 0.15) is 12.1 Å². The average Bonchev–Trinajstić information content (AvgIpc) is 2.92. The van der Waals surface area contributed by atoms with Crippen molar-refractivity contribution in [1.29, 1.82) is 0 Å². The largest absolute Gasteiger partial charge is 0.481 e. The number of hydrogen-bond donors (Lipinski definition) is 4. The van der Waals surface area contributed by atoms with E-state index in [4.69, 9.17) is 15.9 Å². The van der Waals surface area contributed by atoms with Crippen LogP contribution in [0.5, 0.6) is 0 Å². The Morgan fingerprint density at radius 3 is 2.50 bits per heavy atom. The van der Waals surface area contributed by atoms with Gasteiger partial charge in [-0.2, -0.15) is 0 Å². The number of rotatable bonds is 7. The quantitative estimate of drug-likeness (QED) is 0.459. The summed E-state index contributed by atoms with van der Waals surface area (Å²) < 4.78 is 0. The maximum Gasteiger partial charge on any atom is 0.326 e. The number of nitrogens with zero attached hydrogens (tertiary/aromatic N) is 1. The van der Waals surface area contributed by atoms with Gasteiger partial charge in [0.25, 0.3) is 0 Å². The molecule has 3 atom stereocenters. The SMILES string of the molecule is CC(NC(=O)C(N)CCC(=O)O)C(=O)N1CCCC1C(=O)O. The van der Waals surface area contributed by atoms with Gasteiger partial charge >= 0.3 is 11.9 Å². The average molecular weight is 315 g/mol. The molecule has 0 aromatic heterocycles. The van der Waals surface area contributed by atoms with Crippen molar-refractivity contribution in [2.75, 3.05) is 6.54 Å². The number of likely N-dealkylation sites (tertiary alicyclic amines) is 1. The van der Waals surface area contributed by atoms with E-state index in [2.05, 4.69) is 5.32 Å². The third-order valence-electron chi connectivity index (χ3n) is 3.56. The minimum absolute atomic E-state index is 0.0382. The second-order valence-corrected chi connectivity index (χ2v) is 5.30. The Morgan fingerprint density at radius 2 is 1.95 bits per heavy atom. The van der Waals surface area contributed by atoms with Crippen molar-refractivity contribution in [3.05, 3.63) is 0 Å². The summed E-state index contributed by atoms with van der Waals surface area (Å²) in [6.07, 6.45) is 0.703. The smallest absolute Gasteiger partial charge is 0.326 e. The summed E-state index contributed by atoms with van der Waals surface area (Å²) in [5, 5.41) is 20.0. The first-order chi connectivity index (χ1) is 10.2. The molecular formula is C13H21N3O6. The number of amides is 2. The number of nitrogens with one attached hydrogen (secondary N) is 1. The minimum atomic E-state index is -1.07. The molecule has 0 bridgehead atoms. The molecule has 124 valence electrons. The van der Waals surface area contributed by atoms with Gasteiger partial charge in [0, 0.05) is 13.0 Å². The summed E-state index contributed by atoms with van der Waals surface area (Å²) in [5.74, 6) is -3.24. The third-order valence-corrected chi connectivity index (χ3v) is 3.56. The lowest BCUT2D eigenvalue weighted by molar-refractivity contribution is -0.149. The fraction of sp³-hybridized carbons (Fsp3) is 0.692. The van der Waals surface area contributed by atoms with Crippen LogP contribution in [-0.4, -0.2) is 63.5 Å². The van der Waals surface area contributed by atoms with Crippen molar-refractivity contribution in [2.45, 2.75) is 50.7 Å². The molecular weight excluding hydrogens is 294 g/mol. The zero-order chi connectivity index (χ0) is 16.9. The van der Waals surface area contributed by atoms with Crippen molar-refractivity contribution in [3.8, 4) is 0 Å². The van der Waals surface area contributed by atoms with Gasteiger partial charge in [-0.25, -0.2) is 4.79 Å². The molecule has 1 fully saturated rings. The van der Waals surface area contributed by atoms with Crippen molar-refractivity contribution < 1.29 is 29.4 Å². The third kappa shape index (κ3) is 4.69. The number of carbonyl (C=O) groups is 4. The Bertz CT molecular complexity index is 467. The molecule has 0 spiro atoms. The summed E-state index contributed by atoms with van der Waals surface area (Å²) in [6.45, 7) is 1.78. The van der Waals surface area contributed by atoms with E-state index in [1.54, 1.807) is 0 Å². The topological polar surface area (TPSA) is 150 Å². The highest BCUT2D eigenvalue weighted by molar-refractivity contribution is 5.91. The van der Waals surface area contributed by atoms with Gasteiger partial charge in [-0.3, -0.25) is 14.4 Å². The van der Waals surface area contributed by atoms with Gasteiger partial charge < -0.3 is 26.2 Å². The Kier molecular flexibility index (Phi) is 6.29. The molecule has 1 heterocycles. The highest BCUT2D eigenvalue weighted by Gasteiger charge is 2.36. The zero-order valence-electron chi connectivity index (χ0n) is 12.3. The van der Waals surface area contributed by atoms with E-state index in [-0.39, 0.29) is 12.8 Å². The van der Waals surface area contributed by atoms with Crippen LogP contribution in [0.2, 0.25) is 0 Å². The lowest BCUT2D eigenvalue weighted by atomic mass is 10.1. The van der Waals surface area contributed by atoms with E-state index in [0.29, 0.717) is 19.4 Å². The van der Waals surface area contributed by atoms with Crippen molar-refractivity contribution in [3.63, 3.8) is 0 Å². The van der Waals surface area contributed by atoms with Crippen LogP contribution in [0.25, 0.3) is 0 Å². The number of aliphatic carboxylic acids is 2. The molecule has 0 radical (unpaired) electrons. The zero-order valence-corrected chi connectivity index (χ0v) is 12.3. The maximum atomic E-state index is 12.2.